The van der Waals surface area contributed by atoms with Crippen LogP contribution in [-0.2, 0) is 6.54 Å². The first kappa shape index (κ1) is 13.2. The van der Waals surface area contributed by atoms with E-state index in [4.69, 9.17) is 4.42 Å². The van der Waals surface area contributed by atoms with Crippen molar-refractivity contribution in [2.45, 2.75) is 53.6 Å². The van der Waals surface area contributed by atoms with Gasteiger partial charge in [-0.3, -0.25) is 0 Å². The summed E-state index contributed by atoms with van der Waals surface area (Å²) in [7, 11) is 0. The average molecular weight is 245 g/mol. The van der Waals surface area contributed by atoms with Gasteiger partial charge in [-0.25, -0.2) is 0 Å². The van der Waals surface area contributed by atoms with Crippen LogP contribution < -0.4 is 5.32 Å². The van der Waals surface area contributed by atoms with Gasteiger partial charge in [0.2, 0.25) is 0 Å². The number of fused-ring (bicyclic) bond motifs is 1. The molecule has 2 aromatic rings. The number of hydrogen-bond donors (Lipinski definition) is 1. The van der Waals surface area contributed by atoms with Crippen LogP contribution in [0.15, 0.2) is 16.5 Å². The van der Waals surface area contributed by atoms with E-state index < -0.39 is 0 Å². The fourth-order valence-corrected chi connectivity index (χ4v) is 2.08. The van der Waals surface area contributed by atoms with Gasteiger partial charge in [-0.1, -0.05) is 12.1 Å². The number of furan rings is 1. The molecule has 0 unspecified atom stereocenters. The van der Waals surface area contributed by atoms with Crippen LogP contribution in [0.2, 0.25) is 0 Å². The maximum Gasteiger partial charge on any atom is 0.137 e. The molecule has 1 heterocycles. The fourth-order valence-electron chi connectivity index (χ4n) is 2.08. The average Bonchev–Trinajstić information content (AvgIpc) is 2.58. The normalized spacial score (nSPS) is 12.3. The van der Waals surface area contributed by atoms with Crippen molar-refractivity contribution in [3.05, 3.63) is 34.6 Å². The van der Waals surface area contributed by atoms with E-state index in [9.17, 15) is 0 Å². The van der Waals surface area contributed by atoms with E-state index in [1.807, 2.05) is 0 Å². The Balaban J connectivity index is 2.41. The third-order valence-electron chi connectivity index (χ3n) is 3.50. The van der Waals surface area contributed by atoms with Crippen molar-refractivity contribution < 1.29 is 4.42 Å². The molecule has 98 valence electrons. The Morgan fingerprint density at radius 2 is 1.72 bits per heavy atom. The summed E-state index contributed by atoms with van der Waals surface area (Å²) >= 11 is 0. The summed E-state index contributed by atoms with van der Waals surface area (Å²) in [5.74, 6) is 1.05. The van der Waals surface area contributed by atoms with Crippen LogP contribution in [0.4, 0.5) is 0 Å². The standard InChI is InChI=1S/C16H23NO/c1-10-7-8-13-12(3)14(9-17-16(4,5)6)18-15(13)11(10)2/h7-8,17H,9H2,1-6H3. The largest absolute Gasteiger partial charge is 0.459 e. The van der Waals surface area contributed by atoms with Gasteiger partial charge in [0, 0.05) is 10.9 Å². The molecule has 2 heteroatoms. The maximum absolute atomic E-state index is 6.04. The topological polar surface area (TPSA) is 25.2 Å². The van der Waals surface area contributed by atoms with E-state index in [0.29, 0.717) is 0 Å². The third-order valence-corrected chi connectivity index (χ3v) is 3.50. The molecule has 0 amide bonds. The summed E-state index contributed by atoms with van der Waals surface area (Å²) in [6.07, 6.45) is 0. The Labute approximate surface area is 109 Å². The van der Waals surface area contributed by atoms with E-state index in [-0.39, 0.29) is 5.54 Å². The van der Waals surface area contributed by atoms with Gasteiger partial charge in [0.1, 0.15) is 11.3 Å². The van der Waals surface area contributed by atoms with Gasteiger partial charge in [0.25, 0.3) is 0 Å². The van der Waals surface area contributed by atoms with Gasteiger partial charge in [-0.05, 0) is 58.2 Å². The molecule has 0 aliphatic heterocycles. The summed E-state index contributed by atoms with van der Waals surface area (Å²) < 4.78 is 6.04. The summed E-state index contributed by atoms with van der Waals surface area (Å²) in [6, 6.07) is 4.33. The van der Waals surface area contributed by atoms with Crippen molar-refractivity contribution >= 4 is 11.0 Å². The zero-order valence-corrected chi connectivity index (χ0v) is 12.3. The molecule has 2 nitrogen and oxygen atoms in total. The van der Waals surface area contributed by atoms with Crippen LogP contribution in [0.5, 0.6) is 0 Å². The summed E-state index contributed by atoms with van der Waals surface area (Å²) in [5, 5.41) is 4.72. The summed E-state index contributed by atoms with van der Waals surface area (Å²) in [5.41, 5.74) is 4.93. The Kier molecular flexibility index (Phi) is 3.24. The van der Waals surface area contributed by atoms with E-state index in [2.05, 4.69) is 59.0 Å². The first-order valence-corrected chi connectivity index (χ1v) is 6.53. The molecule has 1 aromatic carbocycles. The monoisotopic (exact) mass is 245 g/mol. The highest BCUT2D eigenvalue weighted by atomic mass is 16.3. The Morgan fingerprint density at radius 3 is 2.33 bits per heavy atom. The molecule has 0 fully saturated rings. The smallest absolute Gasteiger partial charge is 0.137 e. The Morgan fingerprint density at radius 1 is 1.06 bits per heavy atom. The van der Waals surface area contributed by atoms with E-state index in [0.717, 1.165) is 17.9 Å². The minimum absolute atomic E-state index is 0.108. The minimum Gasteiger partial charge on any atom is -0.459 e. The third kappa shape index (κ3) is 2.44. The molecule has 0 bridgehead atoms. The number of benzene rings is 1. The highest BCUT2D eigenvalue weighted by molar-refractivity contribution is 5.85. The van der Waals surface area contributed by atoms with Gasteiger partial charge in [-0.2, -0.15) is 0 Å². The molecule has 18 heavy (non-hydrogen) atoms. The van der Waals surface area contributed by atoms with Crippen LogP contribution in [0.3, 0.4) is 0 Å². The van der Waals surface area contributed by atoms with Gasteiger partial charge < -0.3 is 9.73 Å². The van der Waals surface area contributed by atoms with Crippen molar-refractivity contribution in [2.24, 2.45) is 0 Å². The predicted molar refractivity (Wildman–Crippen MR) is 77.0 cm³/mol. The second-order valence-electron chi connectivity index (χ2n) is 6.14. The molecule has 1 aromatic heterocycles. The zero-order valence-electron chi connectivity index (χ0n) is 12.3. The molecule has 1 N–H and O–H groups in total. The molecule has 0 aliphatic rings. The molecule has 2 rings (SSSR count). The van der Waals surface area contributed by atoms with Crippen molar-refractivity contribution in [1.82, 2.24) is 5.32 Å². The molecule has 0 spiro atoms. The molecule has 0 aliphatic carbocycles. The lowest BCUT2D eigenvalue weighted by Gasteiger charge is -2.19. The number of aryl methyl sites for hydroxylation is 3. The lowest BCUT2D eigenvalue weighted by molar-refractivity contribution is 0.393. The first-order valence-electron chi connectivity index (χ1n) is 6.53. The molecular weight excluding hydrogens is 222 g/mol. The van der Waals surface area contributed by atoms with Crippen LogP contribution >= 0.6 is 0 Å². The van der Waals surface area contributed by atoms with Crippen LogP contribution in [0, 0.1) is 20.8 Å². The van der Waals surface area contributed by atoms with Crippen molar-refractivity contribution in [3.63, 3.8) is 0 Å². The second-order valence-corrected chi connectivity index (χ2v) is 6.14. The molecule has 0 saturated heterocycles. The molecule has 0 atom stereocenters. The van der Waals surface area contributed by atoms with Crippen molar-refractivity contribution in [2.75, 3.05) is 0 Å². The zero-order chi connectivity index (χ0) is 13.5. The van der Waals surface area contributed by atoms with Gasteiger partial charge >= 0.3 is 0 Å². The predicted octanol–water partition coefficient (Wildman–Crippen LogP) is 4.25. The SMILES string of the molecule is Cc1ccc2c(C)c(CNC(C)(C)C)oc2c1C. The van der Waals surface area contributed by atoms with Crippen LogP contribution in [-0.4, -0.2) is 5.54 Å². The van der Waals surface area contributed by atoms with Crippen LogP contribution in [0.25, 0.3) is 11.0 Å². The van der Waals surface area contributed by atoms with Gasteiger partial charge in [0.15, 0.2) is 0 Å². The first-order chi connectivity index (χ1) is 8.29. The van der Waals surface area contributed by atoms with Crippen molar-refractivity contribution in [1.29, 1.82) is 0 Å². The second kappa shape index (κ2) is 4.43. The van der Waals surface area contributed by atoms with Crippen LogP contribution in [0.1, 0.15) is 43.2 Å². The van der Waals surface area contributed by atoms with Gasteiger partial charge in [0.05, 0.1) is 6.54 Å². The highest BCUT2D eigenvalue weighted by Crippen LogP contribution is 2.29. The number of rotatable bonds is 2. The fraction of sp³-hybridized carbons (Fsp3) is 0.500. The maximum atomic E-state index is 6.04. The Bertz CT molecular complexity index is 573. The number of hydrogen-bond acceptors (Lipinski definition) is 2. The molecular formula is C16H23NO. The minimum atomic E-state index is 0.108. The quantitative estimate of drug-likeness (QED) is 0.855. The summed E-state index contributed by atoms with van der Waals surface area (Å²) in [4.78, 5) is 0. The Hall–Kier alpha value is -1.28. The lowest BCUT2D eigenvalue weighted by atomic mass is 10.0. The van der Waals surface area contributed by atoms with Crippen molar-refractivity contribution in [3.8, 4) is 0 Å². The lowest BCUT2D eigenvalue weighted by Crippen LogP contribution is -2.35. The number of nitrogens with one attached hydrogen (secondary N) is 1. The van der Waals surface area contributed by atoms with Gasteiger partial charge in [-0.15, -0.1) is 0 Å². The molecule has 0 saturated carbocycles. The summed E-state index contributed by atoms with van der Waals surface area (Å²) in [6.45, 7) is 13.7. The highest BCUT2D eigenvalue weighted by Gasteiger charge is 2.15. The van der Waals surface area contributed by atoms with E-state index in [1.165, 1.54) is 22.1 Å². The van der Waals surface area contributed by atoms with E-state index in [1.54, 1.807) is 0 Å². The molecule has 0 radical (unpaired) electrons. The van der Waals surface area contributed by atoms with E-state index >= 15 is 0 Å².